The van der Waals surface area contributed by atoms with E-state index in [1.54, 1.807) is 36.4 Å². The predicted molar refractivity (Wildman–Crippen MR) is 136 cm³/mol. The third kappa shape index (κ3) is 6.20. The van der Waals surface area contributed by atoms with E-state index < -0.39 is 23.2 Å². The Morgan fingerprint density at radius 2 is 1.50 bits per heavy atom. The quantitative estimate of drug-likeness (QED) is 0.306. The number of rotatable bonds is 8. The molecule has 0 aliphatic carbocycles. The van der Waals surface area contributed by atoms with Crippen molar-refractivity contribution in [2.24, 2.45) is 0 Å². The molecule has 2 amide bonds. The van der Waals surface area contributed by atoms with Crippen molar-refractivity contribution in [1.82, 2.24) is 15.5 Å². The average molecular weight is 511 g/mol. The Kier molecular flexibility index (Phi) is 7.90. The molecular weight excluding hydrogens is 491 g/mol. The van der Waals surface area contributed by atoms with Gasteiger partial charge in [-0.2, -0.15) is 0 Å². The lowest BCUT2D eigenvalue weighted by Gasteiger charge is -2.20. The Morgan fingerprint density at radius 3 is 2.18 bits per heavy atom. The second-order valence-electron chi connectivity index (χ2n) is 7.43. The van der Waals surface area contributed by atoms with Crippen LogP contribution >= 0.6 is 34.5 Å². The fourth-order valence-corrected chi connectivity index (χ4v) is 4.34. The number of anilines is 1. The number of amides is 2. The molecule has 2 N–H and O–H groups in total. The van der Waals surface area contributed by atoms with Crippen molar-refractivity contribution < 1.29 is 9.59 Å². The van der Waals surface area contributed by atoms with Crippen molar-refractivity contribution in [3.05, 3.63) is 101 Å². The summed E-state index contributed by atoms with van der Waals surface area (Å²) in [6, 6.07) is 24.7. The lowest BCUT2D eigenvalue weighted by Crippen LogP contribution is -2.46. The lowest BCUT2D eigenvalue weighted by molar-refractivity contribution is -0.126. The van der Waals surface area contributed by atoms with Gasteiger partial charge in [0, 0.05) is 17.0 Å². The molecule has 0 unspecified atom stereocenters. The van der Waals surface area contributed by atoms with Crippen LogP contribution in [-0.2, 0) is 16.0 Å². The molecule has 172 valence electrons. The molecule has 0 bridgehead atoms. The molecule has 3 aromatic carbocycles. The Balaban J connectivity index is 1.49. The van der Waals surface area contributed by atoms with Gasteiger partial charge in [0.2, 0.25) is 16.9 Å². The first-order chi connectivity index (χ1) is 16.5. The van der Waals surface area contributed by atoms with Crippen molar-refractivity contribution in [3.63, 3.8) is 0 Å². The maximum atomic E-state index is 13.2. The van der Waals surface area contributed by atoms with E-state index in [9.17, 15) is 9.59 Å². The minimum atomic E-state index is -0.926. The molecule has 0 fully saturated rings. The highest BCUT2D eigenvalue weighted by Crippen LogP contribution is 2.27. The minimum absolute atomic E-state index is 0.291. The van der Waals surface area contributed by atoms with E-state index in [0.717, 1.165) is 11.1 Å². The third-order valence-corrected chi connectivity index (χ3v) is 6.57. The molecule has 1 aromatic heterocycles. The van der Waals surface area contributed by atoms with Gasteiger partial charge >= 0.3 is 0 Å². The zero-order valence-corrected chi connectivity index (χ0v) is 20.1. The Labute approximate surface area is 211 Å². The van der Waals surface area contributed by atoms with Gasteiger partial charge in [-0.3, -0.25) is 14.9 Å². The minimum Gasteiger partial charge on any atom is -0.342 e. The van der Waals surface area contributed by atoms with Crippen LogP contribution < -0.4 is 10.6 Å². The van der Waals surface area contributed by atoms with E-state index in [1.165, 1.54) is 11.3 Å². The first kappa shape index (κ1) is 23.9. The van der Waals surface area contributed by atoms with Crippen LogP contribution in [-0.4, -0.2) is 28.1 Å². The summed E-state index contributed by atoms with van der Waals surface area (Å²) in [6.07, 6.45) is 0.291. The van der Waals surface area contributed by atoms with E-state index >= 15 is 0 Å². The van der Waals surface area contributed by atoms with Gasteiger partial charge in [-0.05, 0) is 23.3 Å². The molecule has 0 spiro atoms. The monoisotopic (exact) mass is 510 g/mol. The number of carbonyl (C=O) groups is 2. The normalized spacial score (nSPS) is 12.5. The van der Waals surface area contributed by atoms with Crippen LogP contribution in [0.25, 0.3) is 10.6 Å². The highest BCUT2D eigenvalue weighted by molar-refractivity contribution is 7.18. The highest BCUT2D eigenvalue weighted by Gasteiger charge is 2.26. The number of halogens is 2. The maximum absolute atomic E-state index is 13.2. The first-order valence-corrected chi connectivity index (χ1v) is 12.1. The topological polar surface area (TPSA) is 84.0 Å². The number of hydrogen-bond donors (Lipinski definition) is 2. The van der Waals surface area contributed by atoms with Crippen molar-refractivity contribution in [2.45, 2.75) is 17.8 Å². The molecule has 4 rings (SSSR count). The van der Waals surface area contributed by atoms with Gasteiger partial charge in [-0.1, -0.05) is 95.7 Å². The molecule has 2 atom stereocenters. The number of aromatic nitrogens is 2. The summed E-state index contributed by atoms with van der Waals surface area (Å²) < 4.78 is 0. The Morgan fingerprint density at radius 1 is 0.853 bits per heavy atom. The average Bonchev–Trinajstić information content (AvgIpc) is 3.33. The van der Waals surface area contributed by atoms with Crippen molar-refractivity contribution in [2.75, 3.05) is 5.32 Å². The largest absolute Gasteiger partial charge is 0.342 e. The fourth-order valence-electron chi connectivity index (χ4n) is 3.25. The van der Waals surface area contributed by atoms with Crippen LogP contribution in [0.15, 0.2) is 84.9 Å². The van der Waals surface area contributed by atoms with Gasteiger partial charge < -0.3 is 5.32 Å². The summed E-state index contributed by atoms with van der Waals surface area (Å²) in [5, 5.41) is 14.4. The Bertz CT molecular complexity index is 1250. The summed E-state index contributed by atoms with van der Waals surface area (Å²) in [5.41, 5.74) is 2.38. The van der Waals surface area contributed by atoms with Crippen molar-refractivity contribution >= 4 is 51.5 Å². The van der Waals surface area contributed by atoms with Gasteiger partial charge in [-0.15, -0.1) is 21.8 Å². The van der Waals surface area contributed by atoms with E-state index in [2.05, 4.69) is 20.8 Å². The number of benzene rings is 3. The van der Waals surface area contributed by atoms with Gasteiger partial charge in [0.15, 0.2) is 0 Å². The number of nitrogens with zero attached hydrogens (tertiary/aromatic N) is 2. The van der Waals surface area contributed by atoms with Crippen LogP contribution in [0.2, 0.25) is 5.02 Å². The molecule has 34 heavy (non-hydrogen) atoms. The lowest BCUT2D eigenvalue weighted by atomic mass is 10.0. The smallest absolute Gasteiger partial charge is 0.249 e. The van der Waals surface area contributed by atoms with Crippen LogP contribution in [0.3, 0.4) is 0 Å². The third-order valence-electron chi connectivity index (χ3n) is 4.98. The summed E-state index contributed by atoms with van der Waals surface area (Å²) >= 11 is 13.6. The Hall–Kier alpha value is -3.26. The van der Waals surface area contributed by atoms with Gasteiger partial charge in [0.05, 0.1) is 0 Å². The molecule has 1 heterocycles. The van der Waals surface area contributed by atoms with E-state index in [1.807, 2.05) is 48.5 Å². The van der Waals surface area contributed by atoms with Crippen molar-refractivity contribution in [1.29, 1.82) is 0 Å². The summed E-state index contributed by atoms with van der Waals surface area (Å²) in [6.45, 7) is 0. The van der Waals surface area contributed by atoms with Crippen LogP contribution in [0.5, 0.6) is 0 Å². The number of alkyl halides is 1. The van der Waals surface area contributed by atoms with E-state index in [-0.39, 0.29) is 0 Å². The fraction of sp³-hybridized carbons (Fsp3) is 0.120. The van der Waals surface area contributed by atoms with Gasteiger partial charge in [0.1, 0.15) is 16.4 Å². The van der Waals surface area contributed by atoms with Crippen LogP contribution in [0.1, 0.15) is 16.5 Å². The SMILES string of the molecule is O=C(Nc1nnc(-c2ccc(Cl)cc2)s1)[C@@H](Cc1ccccc1)NC(=O)[C@H](Cl)c1ccccc1. The number of carbonyl (C=O) groups excluding carboxylic acids is 2. The molecular formula is C25H20Cl2N4O2S. The van der Waals surface area contributed by atoms with Gasteiger partial charge in [-0.25, -0.2) is 0 Å². The number of nitrogens with one attached hydrogen (secondary N) is 2. The predicted octanol–water partition coefficient (Wildman–Crippen LogP) is 5.50. The number of hydrogen-bond acceptors (Lipinski definition) is 5. The molecule has 6 nitrogen and oxygen atoms in total. The summed E-state index contributed by atoms with van der Waals surface area (Å²) in [5.74, 6) is -0.865. The second-order valence-corrected chi connectivity index (χ2v) is 9.28. The first-order valence-electron chi connectivity index (χ1n) is 10.4. The molecule has 0 aliphatic heterocycles. The molecule has 4 aromatic rings. The van der Waals surface area contributed by atoms with Crippen LogP contribution in [0, 0.1) is 0 Å². The molecule has 0 aliphatic rings. The maximum Gasteiger partial charge on any atom is 0.249 e. The zero-order chi connectivity index (χ0) is 23.9. The van der Waals surface area contributed by atoms with Crippen LogP contribution in [0.4, 0.5) is 5.13 Å². The molecule has 0 saturated carbocycles. The summed E-state index contributed by atoms with van der Waals surface area (Å²) in [4.78, 5) is 26.0. The van der Waals surface area contributed by atoms with E-state index in [4.69, 9.17) is 23.2 Å². The van der Waals surface area contributed by atoms with E-state index in [0.29, 0.717) is 27.1 Å². The standard InChI is InChI=1S/C25H20Cl2N4O2S/c26-19-13-11-18(12-14-19)24-30-31-25(34-24)29-22(32)20(15-16-7-3-1-4-8-16)28-23(33)21(27)17-9-5-2-6-10-17/h1-14,20-21H,15H2,(H,28,33)(H,29,31,32)/t20-,21-/m1/s1. The van der Waals surface area contributed by atoms with Crippen molar-refractivity contribution in [3.8, 4) is 10.6 Å². The highest BCUT2D eigenvalue weighted by atomic mass is 35.5. The molecule has 0 radical (unpaired) electrons. The van der Waals surface area contributed by atoms with Gasteiger partial charge in [0.25, 0.3) is 0 Å². The summed E-state index contributed by atoms with van der Waals surface area (Å²) in [7, 11) is 0. The molecule has 9 heteroatoms. The second kappa shape index (κ2) is 11.2. The molecule has 0 saturated heterocycles. The zero-order valence-electron chi connectivity index (χ0n) is 17.8.